The van der Waals surface area contributed by atoms with E-state index in [0.717, 1.165) is 82.7 Å². The molecule has 4 heterocycles. The Morgan fingerprint density at radius 2 is 1.70 bits per heavy atom. The maximum atomic E-state index is 13.1. The number of fused-ring (bicyclic) bond motifs is 2. The number of hydrogen-bond acceptors (Lipinski definition) is 8. The lowest BCUT2D eigenvalue weighted by atomic mass is 9.89. The molecule has 2 fully saturated rings. The number of piperazine rings is 1. The van der Waals surface area contributed by atoms with E-state index in [1.54, 1.807) is 4.57 Å². The van der Waals surface area contributed by atoms with Gasteiger partial charge in [0.15, 0.2) is 5.65 Å². The van der Waals surface area contributed by atoms with E-state index in [0.29, 0.717) is 24.1 Å². The predicted octanol–water partition coefficient (Wildman–Crippen LogP) is 3.07. The van der Waals surface area contributed by atoms with Crippen molar-refractivity contribution in [1.82, 2.24) is 29.2 Å². The highest BCUT2D eigenvalue weighted by molar-refractivity contribution is 5.96. The molecule has 11 nitrogen and oxygen atoms in total. The number of nitrogens with zero attached hydrogens (tertiary/aromatic N) is 6. The number of rotatable bonds is 7. The van der Waals surface area contributed by atoms with Crippen LogP contribution < -0.4 is 16.5 Å². The minimum atomic E-state index is -0.785. The number of likely N-dealkylation sites (tertiary alicyclic amines) is 1. The third kappa shape index (κ3) is 6.12. The number of benzene rings is 2. The van der Waals surface area contributed by atoms with E-state index in [2.05, 4.69) is 51.4 Å². The van der Waals surface area contributed by atoms with Gasteiger partial charge in [-0.15, -0.1) is 0 Å². The summed E-state index contributed by atoms with van der Waals surface area (Å²) in [5.74, 6) is 0.200. The van der Waals surface area contributed by atoms with Gasteiger partial charge in [0.1, 0.15) is 5.56 Å². The number of carbonyl (C=O) groups is 2. The van der Waals surface area contributed by atoms with Crippen molar-refractivity contribution in [1.29, 1.82) is 0 Å². The molecule has 1 aliphatic carbocycles. The van der Waals surface area contributed by atoms with Crippen LogP contribution in [0.2, 0.25) is 0 Å². The number of aryl methyl sites for hydroxylation is 2. The number of likely N-dealkylation sites (N-methyl/N-ethyl adjacent to an activating group) is 1. The molecule has 0 unspecified atom stereocenters. The molecule has 0 radical (unpaired) electrons. The fourth-order valence-electron chi connectivity index (χ4n) is 6.98. The van der Waals surface area contributed by atoms with Gasteiger partial charge < -0.3 is 25.4 Å². The monoisotopic (exact) mass is 620 g/mol. The number of piperidine rings is 1. The fourth-order valence-corrected chi connectivity index (χ4v) is 6.98. The summed E-state index contributed by atoms with van der Waals surface area (Å²) in [5.41, 5.74) is 10.9. The smallest absolute Gasteiger partial charge is 0.254 e. The number of carbonyl (C=O) groups excluding carboxylic acids is 2. The Morgan fingerprint density at radius 1 is 0.957 bits per heavy atom. The zero-order chi connectivity index (χ0) is 31.8. The quantitative estimate of drug-likeness (QED) is 0.323. The molecule has 0 bridgehead atoms. The summed E-state index contributed by atoms with van der Waals surface area (Å²) in [6, 6.07) is 14.4. The zero-order valence-electron chi connectivity index (χ0n) is 26.2. The highest BCUT2D eigenvalue weighted by atomic mass is 16.2. The number of amides is 2. The van der Waals surface area contributed by atoms with Crippen LogP contribution in [0, 0.1) is 0 Å². The molecule has 46 heavy (non-hydrogen) atoms. The van der Waals surface area contributed by atoms with E-state index < -0.39 is 11.3 Å². The molecule has 2 amide bonds. The van der Waals surface area contributed by atoms with E-state index >= 15 is 0 Å². The summed E-state index contributed by atoms with van der Waals surface area (Å²) >= 11 is 0. The molecule has 2 aromatic heterocycles. The van der Waals surface area contributed by atoms with E-state index in [4.69, 9.17) is 10.7 Å². The summed E-state index contributed by atoms with van der Waals surface area (Å²) in [6.07, 6.45) is 8.00. The van der Waals surface area contributed by atoms with Gasteiger partial charge in [-0.3, -0.25) is 19.3 Å². The molecular formula is C35H40N8O3. The van der Waals surface area contributed by atoms with Crippen molar-refractivity contribution in [3.63, 3.8) is 0 Å². The van der Waals surface area contributed by atoms with Crippen molar-refractivity contribution in [2.75, 3.05) is 58.2 Å². The minimum absolute atomic E-state index is 0.0990. The molecule has 3 N–H and O–H groups in total. The van der Waals surface area contributed by atoms with Crippen LogP contribution in [0.15, 0.2) is 59.7 Å². The lowest BCUT2D eigenvalue weighted by Gasteiger charge is -2.36. The van der Waals surface area contributed by atoms with Crippen LogP contribution in [-0.4, -0.2) is 93.9 Å². The minimum Gasteiger partial charge on any atom is -0.365 e. The number of anilines is 2. The van der Waals surface area contributed by atoms with Crippen molar-refractivity contribution in [3.8, 4) is 5.69 Å². The van der Waals surface area contributed by atoms with Crippen molar-refractivity contribution < 1.29 is 9.59 Å². The second kappa shape index (κ2) is 12.6. The van der Waals surface area contributed by atoms with Crippen LogP contribution in [0.1, 0.15) is 52.2 Å². The van der Waals surface area contributed by atoms with E-state index in [1.165, 1.54) is 29.1 Å². The van der Waals surface area contributed by atoms with E-state index in [1.807, 2.05) is 23.1 Å². The van der Waals surface area contributed by atoms with Gasteiger partial charge in [0.25, 0.3) is 5.91 Å². The van der Waals surface area contributed by atoms with Gasteiger partial charge in [-0.1, -0.05) is 18.2 Å². The van der Waals surface area contributed by atoms with Crippen molar-refractivity contribution in [3.05, 3.63) is 87.3 Å². The Kier molecular flexibility index (Phi) is 8.27. The van der Waals surface area contributed by atoms with Gasteiger partial charge in [-0.2, -0.15) is 4.98 Å². The third-order valence-corrected chi connectivity index (χ3v) is 9.81. The molecule has 0 spiro atoms. The SMILES string of the molecule is CN1CCN(CC(=O)N2CCC(c3ccc(Nc4ncc5c(=O)c(C(N)=O)cn(-c6ccc7c(c6)CCC7)c5n4)cc3)CC2)CC1. The number of aromatic nitrogens is 3. The highest BCUT2D eigenvalue weighted by Crippen LogP contribution is 2.30. The number of hydrogen-bond donors (Lipinski definition) is 2. The maximum absolute atomic E-state index is 13.1. The lowest BCUT2D eigenvalue weighted by molar-refractivity contribution is -0.133. The standard InChI is InChI=1S/C35H40N8O3/c1-40-15-17-41(18-16-40)22-31(44)42-13-11-25(12-14-42)24-5-8-27(9-6-24)38-35-37-20-29-32(45)30(33(36)46)21-43(34(29)39-35)28-10-7-23-3-2-4-26(23)19-28/h5-10,19-21,25H,2-4,11-18,22H2,1H3,(H2,36,46)(H,37,38,39). The second-order valence-electron chi connectivity index (χ2n) is 12.8. The van der Waals surface area contributed by atoms with E-state index in [9.17, 15) is 14.4 Å². The van der Waals surface area contributed by atoms with Crippen LogP contribution in [0.3, 0.4) is 0 Å². The maximum Gasteiger partial charge on any atom is 0.254 e. The molecule has 0 atom stereocenters. The first-order valence-corrected chi connectivity index (χ1v) is 16.2. The van der Waals surface area contributed by atoms with Crippen molar-refractivity contribution >= 4 is 34.5 Å². The summed E-state index contributed by atoms with van der Waals surface area (Å²) in [5, 5.41) is 3.50. The average molecular weight is 621 g/mol. The molecule has 4 aromatic rings. The number of pyridine rings is 1. The average Bonchev–Trinajstić information content (AvgIpc) is 3.54. The van der Waals surface area contributed by atoms with Gasteiger partial charge in [-0.05, 0) is 86.0 Å². The lowest BCUT2D eigenvalue weighted by Crippen LogP contribution is -2.50. The Labute approximate surface area is 268 Å². The van der Waals surface area contributed by atoms with E-state index in [-0.39, 0.29) is 16.9 Å². The molecule has 3 aliphatic rings. The number of primary amides is 1. The van der Waals surface area contributed by atoms with Crippen molar-refractivity contribution in [2.24, 2.45) is 5.73 Å². The first-order valence-electron chi connectivity index (χ1n) is 16.2. The molecule has 2 saturated heterocycles. The van der Waals surface area contributed by atoms with Crippen LogP contribution in [0.25, 0.3) is 16.7 Å². The first-order chi connectivity index (χ1) is 22.3. The van der Waals surface area contributed by atoms with Crippen LogP contribution >= 0.6 is 0 Å². The second-order valence-corrected chi connectivity index (χ2v) is 12.8. The molecule has 0 saturated carbocycles. The number of nitrogens with two attached hydrogens (primary N) is 1. The Bertz CT molecular complexity index is 1840. The molecule has 11 heteroatoms. The van der Waals surface area contributed by atoms with Crippen molar-refractivity contribution in [2.45, 2.75) is 38.0 Å². The summed E-state index contributed by atoms with van der Waals surface area (Å²) in [7, 11) is 2.13. The zero-order valence-corrected chi connectivity index (χ0v) is 26.2. The predicted molar refractivity (Wildman–Crippen MR) is 178 cm³/mol. The van der Waals surface area contributed by atoms with Crippen LogP contribution in [0.4, 0.5) is 11.6 Å². The summed E-state index contributed by atoms with van der Waals surface area (Å²) in [4.78, 5) is 53.9. The summed E-state index contributed by atoms with van der Waals surface area (Å²) < 4.78 is 1.76. The largest absolute Gasteiger partial charge is 0.365 e. The Morgan fingerprint density at radius 3 is 2.43 bits per heavy atom. The van der Waals surface area contributed by atoms with Crippen LogP contribution in [-0.2, 0) is 17.6 Å². The van der Waals surface area contributed by atoms with Gasteiger partial charge in [0.05, 0.1) is 11.9 Å². The van der Waals surface area contributed by atoms with Gasteiger partial charge in [0, 0.05) is 63.0 Å². The van der Waals surface area contributed by atoms with Gasteiger partial charge >= 0.3 is 0 Å². The molecule has 7 rings (SSSR count). The number of nitrogens with one attached hydrogen (secondary N) is 1. The Hall–Kier alpha value is -4.61. The van der Waals surface area contributed by atoms with Gasteiger partial charge in [-0.25, -0.2) is 4.98 Å². The normalized spacial score (nSPS) is 17.7. The Balaban J connectivity index is 1.05. The fraction of sp³-hybridized carbons (Fsp3) is 0.400. The molecule has 238 valence electrons. The summed E-state index contributed by atoms with van der Waals surface area (Å²) in [6.45, 7) is 6.02. The molecular weight excluding hydrogens is 580 g/mol. The van der Waals surface area contributed by atoms with Gasteiger partial charge in [0.2, 0.25) is 17.3 Å². The third-order valence-electron chi connectivity index (χ3n) is 9.81. The molecule has 2 aromatic carbocycles. The first kappa shape index (κ1) is 30.1. The van der Waals surface area contributed by atoms with Crippen LogP contribution in [0.5, 0.6) is 0 Å². The highest BCUT2D eigenvalue weighted by Gasteiger charge is 2.26. The molecule has 2 aliphatic heterocycles. The topological polar surface area (TPSA) is 130 Å².